The Morgan fingerprint density at radius 2 is 1.07 bits per heavy atom. The highest BCUT2D eigenvalue weighted by Gasteiger charge is 2.24. The number of primary sulfonamides is 1. The van der Waals surface area contributed by atoms with Crippen LogP contribution in [0, 0.1) is 0 Å². The van der Waals surface area contributed by atoms with E-state index in [0.29, 0.717) is 0 Å². The second-order valence-corrected chi connectivity index (χ2v) is 16.3. The van der Waals surface area contributed by atoms with Gasteiger partial charge in [-0.3, -0.25) is 9.11 Å². The van der Waals surface area contributed by atoms with Crippen molar-refractivity contribution in [2.24, 2.45) is 25.6 Å². The topological polar surface area (TPSA) is 357 Å². The third kappa shape index (κ3) is 8.50. The number of nitrogens with two attached hydrogens (primary N) is 1. The number of aromatic hydroxyl groups is 3. The van der Waals surface area contributed by atoms with E-state index >= 15 is 0 Å². The van der Waals surface area contributed by atoms with Gasteiger partial charge in [0.25, 0.3) is 20.2 Å². The van der Waals surface area contributed by atoms with Gasteiger partial charge in [0, 0.05) is 22.1 Å². The summed E-state index contributed by atoms with van der Waals surface area (Å²) in [6.07, 6.45) is 0. The molecule has 21 nitrogen and oxygen atoms in total. The average molecular weight is 852 g/mol. The zero-order valence-corrected chi connectivity index (χ0v) is 31.1. The Kier molecular flexibility index (Phi) is 10.6. The molecule has 0 atom stereocenters. The van der Waals surface area contributed by atoms with Crippen LogP contribution in [0.4, 0.5) is 38.9 Å². The Morgan fingerprint density at radius 3 is 1.53 bits per heavy atom. The number of carbonyl (C=O) groups excluding carboxylic acids is 1. The van der Waals surface area contributed by atoms with Crippen LogP contribution in [0.1, 0.15) is 10.4 Å². The van der Waals surface area contributed by atoms with E-state index in [9.17, 15) is 64.4 Å². The molecule has 6 aromatic rings. The largest absolute Gasteiger partial charge is 0.506 e. The van der Waals surface area contributed by atoms with E-state index in [1.807, 2.05) is 0 Å². The number of hydrogen-bond donors (Lipinski definition) is 9. The van der Waals surface area contributed by atoms with Crippen molar-refractivity contribution in [2.75, 3.05) is 10.6 Å². The first-order valence-corrected chi connectivity index (χ1v) is 20.2. The van der Waals surface area contributed by atoms with E-state index in [2.05, 4.69) is 31.1 Å². The van der Waals surface area contributed by atoms with Crippen molar-refractivity contribution in [1.82, 2.24) is 0 Å². The molecule has 298 valence electrons. The number of nitrogens with one attached hydrogen (secondary N) is 2. The molecule has 0 unspecified atom stereocenters. The van der Waals surface area contributed by atoms with Gasteiger partial charge < -0.3 is 31.1 Å². The van der Waals surface area contributed by atoms with Crippen LogP contribution in [0.25, 0.3) is 21.5 Å². The molecule has 0 saturated heterocycles. The maximum absolute atomic E-state index is 13.0. The monoisotopic (exact) mass is 851 g/mol. The maximum Gasteiger partial charge on any atom is 0.337 e. The Bertz CT molecular complexity index is 3140. The molecule has 0 aromatic heterocycles. The van der Waals surface area contributed by atoms with Gasteiger partial charge in [-0.1, -0.05) is 12.1 Å². The SMILES string of the molecule is NS(=O)(=O)c1ccc(O)c(N=Nc2c(S(=O)(=O)O)cc3cc(NC(=O)Nc4ccc5c(O)c(N=Nc6ccccc6C(=O)O)c(S(=O)(=O)O)cc5c4)ccc3c2O)c1. The fourth-order valence-corrected chi connectivity index (χ4v) is 7.30. The van der Waals surface area contributed by atoms with Crippen LogP contribution in [0.3, 0.4) is 0 Å². The van der Waals surface area contributed by atoms with Crippen LogP contribution in [0.5, 0.6) is 17.2 Å². The minimum atomic E-state index is -5.12. The molecule has 6 aromatic carbocycles. The number of carbonyl (C=O) groups is 2. The van der Waals surface area contributed by atoms with Crippen LogP contribution in [-0.2, 0) is 30.3 Å². The van der Waals surface area contributed by atoms with Gasteiger partial charge in [-0.25, -0.2) is 23.1 Å². The zero-order valence-electron chi connectivity index (χ0n) is 28.7. The number of phenols is 3. The standard InChI is InChI=1S/C34H25N7O14S3/c35-56(48,49)20-7-10-26(42)25(15-20)39-41-30-28(58(53,54)55)14-17-12-19(6-9-22(17)32(30)44)37-34(47)36-18-5-8-21-16(11-18)13-27(57(50,51)52)29(31(21)43)40-38-24-4-2-1-3-23(24)33(45)46/h1-15,42-44H,(H,45,46)(H2,35,48,49)(H2,36,37,47)(H,50,51,52)(H,53,54,55). The predicted molar refractivity (Wildman–Crippen MR) is 205 cm³/mol. The number of hydrogen-bond acceptors (Lipinski definition) is 15. The van der Waals surface area contributed by atoms with Gasteiger partial charge in [-0.05, 0) is 89.6 Å². The van der Waals surface area contributed by atoms with E-state index in [0.717, 1.165) is 30.3 Å². The first-order chi connectivity index (χ1) is 27.1. The van der Waals surface area contributed by atoms with Crippen molar-refractivity contribution < 1.29 is 64.4 Å². The third-order valence-electron chi connectivity index (χ3n) is 8.10. The first kappa shape index (κ1) is 40.6. The van der Waals surface area contributed by atoms with Gasteiger partial charge >= 0.3 is 12.0 Å². The third-order valence-corrected chi connectivity index (χ3v) is 10.7. The van der Waals surface area contributed by atoms with Crippen LogP contribution < -0.4 is 15.8 Å². The molecule has 0 bridgehead atoms. The Labute approximate surface area is 326 Å². The predicted octanol–water partition coefficient (Wildman–Crippen LogP) is 6.42. The lowest BCUT2D eigenvalue weighted by Crippen LogP contribution is -2.19. The molecular formula is C34H25N7O14S3. The Hall–Kier alpha value is -7.09. The number of azo groups is 2. The van der Waals surface area contributed by atoms with Gasteiger partial charge in [-0.15, -0.1) is 20.5 Å². The molecular weight excluding hydrogens is 827 g/mol. The molecule has 0 aliphatic carbocycles. The molecule has 10 N–H and O–H groups in total. The number of carboxylic acid groups (broad SMARTS) is 1. The highest BCUT2D eigenvalue weighted by Crippen LogP contribution is 2.44. The number of carboxylic acids is 1. The van der Waals surface area contributed by atoms with E-state index in [-0.39, 0.29) is 44.2 Å². The fraction of sp³-hybridized carbons (Fsp3) is 0. The van der Waals surface area contributed by atoms with E-state index in [1.165, 1.54) is 60.7 Å². The molecule has 0 aliphatic rings. The summed E-state index contributed by atoms with van der Waals surface area (Å²) in [5.41, 5.74) is -2.35. The molecule has 58 heavy (non-hydrogen) atoms. The second kappa shape index (κ2) is 15.1. The van der Waals surface area contributed by atoms with E-state index in [1.54, 1.807) is 0 Å². The molecule has 0 saturated carbocycles. The highest BCUT2D eigenvalue weighted by atomic mass is 32.2. The summed E-state index contributed by atoms with van der Waals surface area (Å²) in [6.45, 7) is 0. The number of anilines is 2. The van der Waals surface area contributed by atoms with Crippen molar-refractivity contribution in [3.05, 3.63) is 96.6 Å². The summed E-state index contributed by atoms with van der Waals surface area (Å²) in [5.74, 6) is -3.50. The van der Waals surface area contributed by atoms with Crippen molar-refractivity contribution in [1.29, 1.82) is 0 Å². The number of aromatic carboxylic acids is 1. The number of phenolic OH excluding ortho intramolecular Hbond substituents is 3. The molecule has 2 amide bonds. The lowest BCUT2D eigenvalue weighted by atomic mass is 10.1. The van der Waals surface area contributed by atoms with Crippen LogP contribution in [-0.4, -0.2) is 66.8 Å². The molecule has 0 aliphatic heterocycles. The quantitative estimate of drug-likeness (QED) is 0.0530. The summed E-state index contributed by atoms with van der Waals surface area (Å²) in [4.78, 5) is 22.2. The van der Waals surface area contributed by atoms with Crippen molar-refractivity contribution in [3.63, 3.8) is 0 Å². The minimum absolute atomic E-state index is 0.00414. The minimum Gasteiger partial charge on any atom is -0.506 e. The van der Waals surface area contributed by atoms with Crippen LogP contribution >= 0.6 is 0 Å². The second-order valence-electron chi connectivity index (χ2n) is 12.0. The number of rotatable bonds is 10. The van der Waals surface area contributed by atoms with Crippen molar-refractivity contribution in [3.8, 4) is 17.2 Å². The van der Waals surface area contributed by atoms with Crippen LogP contribution in [0.2, 0.25) is 0 Å². The number of urea groups is 1. The lowest BCUT2D eigenvalue weighted by molar-refractivity contribution is 0.0697. The molecule has 0 heterocycles. The van der Waals surface area contributed by atoms with Gasteiger partial charge in [0.05, 0.1) is 10.5 Å². The number of fused-ring (bicyclic) bond motifs is 2. The zero-order chi connectivity index (χ0) is 42.3. The molecule has 24 heteroatoms. The smallest absolute Gasteiger partial charge is 0.337 e. The average Bonchev–Trinajstić information content (AvgIpc) is 3.13. The van der Waals surface area contributed by atoms with E-state index < -0.39 is 91.3 Å². The summed E-state index contributed by atoms with van der Waals surface area (Å²) in [5, 5.41) is 66.2. The molecule has 6 rings (SSSR count). The summed E-state index contributed by atoms with van der Waals surface area (Å²) >= 11 is 0. The van der Waals surface area contributed by atoms with Crippen molar-refractivity contribution in [2.45, 2.75) is 14.7 Å². The summed E-state index contributed by atoms with van der Waals surface area (Å²) < 4.78 is 92.6. The number of amides is 2. The lowest BCUT2D eigenvalue weighted by Gasteiger charge is -2.13. The fourth-order valence-electron chi connectivity index (χ4n) is 5.45. The number of nitrogens with zero attached hydrogens (tertiary/aromatic N) is 4. The summed E-state index contributed by atoms with van der Waals surface area (Å²) in [6, 6.07) is 16.6. The number of benzene rings is 6. The number of sulfonamides is 1. The van der Waals surface area contributed by atoms with Crippen molar-refractivity contribution >= 4 is 97.9 Å². The maximum atomic E-state index is 13.0. The normalized spacial score (nSPS) is 12.4. The Morgan fingerprint density at radius 1 is 0.586 bits per heavy atom. The van der Waals surface area contributed by atoms with Gasteiger partial charge in [0.15, 0.2) is 11.5 Å². The van der Waals surface area contributed by atoms with Crippen LogP contribution in [0.15, 0.2) is 126 Å². The van der Waals surface area contributed by atoms with Gasteiger partial charge in [0.1, 0.15) is 38.3 Å². The van der Waals surface area contributed by atoms with E-state index in [4.69, 9.17) is 5.14 Å². The van der Waals surface area contributed by atoms with Gasteiger partial charge in [0.2, 0.25) is 10.0 Å². The first-order valence-electron chi connectivity index (χ1n) is 15.8. The molecule has 0 fully saturated rings. The highest BCUT2D eigenvalue weighted by molar-refractivity contribution is 7.89. The summed E-state index contributed by atoms with van der Waals surface area (Å²) in [7, 11) is -14.4. The molecule has 0 radical (unpaired) electrons. The molecule has 0 spiro atoms. The van der Waals surface area contributed by atoms with Gasteiger partial charge in [-0.2, -0.15) is 16.8 Å². The Balaban J connectivity index is 1.29.